The molecule has 3 aromatic carbocycles. The Hall–Kier alpha value is -3.51. The van der Waals surface area contributed by atoms with Crippen LogP contribution in [-0.2, 0) is 5.75 Å². The molecular weight excluding hydrogens is 392 g/mol. The summed E-state index contributed by atoms with van der Waals surface area (Å²) in [7, 11) is 1.67. The third-order valence-corrected chi connectivity index (χ3v) is 6.01. The smallest absolute Gasteiger partial charge is 0.196 e. The van der Waals surface area contributed by atoms with Crippen LogP contribution in [-0.4, -0.2) is 26.9 Å². The van der Waals surface area contributed by atoms with E-state index >= 15 is 0 Å². The minimum absolute atomic E-state index is 0.803. The zero-order valence-corrected chi connectivity index (χ0v) is 17.3. The molecule has 0 unspecified atom stereocenters. The van der Waals surface area contributed by atoms with E-state index in [4.69, 9.17) is 4.74 Å². The van der Waals surface area contributed by atoms with Crippen LogP contribution < -0.4 is 4.74 Å². The van der Waals surface area contributed by atoms with E-state index in [-0.39, 0.29) is 0 Å². The summed E-state index contributed by atoms with van der Waals surface area (Å²) in [6.45, 7) is 0. The largest absolute Gasteiger partial charge is 0.497 e. The van der Waals surface area contributed by atoms with Gasteiger partial charge in [-0.05, 0) is 48.0 Å². The van der Waals surface area contributed by atoms with Crippen LogP contribution in [0.5, 0.6) is 5.75 Å². The van der Waals surface area contributed by atoms with Gasteiger partial charge in [-0.15, -0.1) is 10.2 Å². The minimum Gasteiger partial charge on any atom is -0.497 e. The molecule has 5 aromatic rings. The lowest BCUT2D eigenvalue weighted by molar-refractivity contribution is 0.415. The number of hydrogen-bond donors (Lipinski definition) is 1. The Morgan fingerprint density at radius 3 is 2.47 bits per heavy atom. The molecule has 0 aliphatic rings. The fourth-order valence-corrected chi connectivity index (χ4v) is 4.44. The number of nitrogens with one attached hydrogen (secondary N) is 1. The zero-order valence-electron chi connectivity index (χ0n) is 16.4. The van der Waals surface area contributed by atoms with Gasteiger partial charge in [0.15, 0.2) is 11.0 Å². The van der Waals surface area contributed by atoms with Crippen molar-refractivity contribution in [1.29, 1.82) is 0 Å². The van der Waals surface area contributed by atoms with Crippen LogP contribution in [0, 0.1) is 0 Å². The van der Waals surface area contributed by atoms with Crippen molar-refractivity contribution in [2.45, 2.75) is 10.9 Å². The Morgan fingerprint density at radius 1 is 0.900 bits per heavy atom. The van der Waals surface area contributed by atoms with Crippen molar-refractivity contribution >= 4 is 22.7 Å². The molecule has 0 aliphatic carbocycles. The number of H-pyrrole nitrogens is 1. The number of aromatic nitrogens is 4. The third-order valence-electron chi connectivity index (χ3n) is 5.03. The summed E-state index contributed by atoms with van der Waals surface area (Å²) < 4.78 is 7.40. The second kappa shape index (κ2) is 8.08. The summed E-state index contributed by atoms with van der Waals surface area (Å²) in [5.74, 6) is 2.43. The molecule has 5 rings (SSSR count). The normalized spacial score (nSPS) is 11.1. The van der Waals surface area contributed by atoms with Crippen LogP contribution in [0.4, 0.5) is 0 Å². The van der Waals surface area contributed by atoms with Gasteiger partial charge in [0.1, 0.15) is 5.75 Å². The molecule has 0 atom stereocenters. The van der Waals surface area contributed by atoms with E-state index in [1.165, 1.54) is 10.9 Å². The van der Waals surface area contributed by atoms with E-state index in [1.807, 2.05) is 48.5 Å². The predicted molar refractivity (Wildman–Crippen MR) is 121 cm³/mol. The van der Waals surface area contributed by atoms with E-state index in [0.717, 1.165) is 39.3 Å². The highest BCUT2D eigenvalue weighted by atomic mass is 32.2. The van der Waals surface area contributed by atoms with Crippen LogP contribution >= 0.6 is 11.8 Å². The topological polar surface area (TPSA) is 55.7 Å². The van der Waals surface area contributed by atoms with Crippen molar-refractivity contribution in [2.24, 2.45) is 0 Å². The molecule has 2 aromatic heterocycles. The number of aromatic amines is 1. The van der Waals surface area contributed by atoms with E-state index in [1.54, 1.807) is 18.9 Å². The Balaban J connectivity index is 1.52. The maximum absolute atomic E-state index is 5.29. The standard InChI is InChI=1S/C24H20N4OS/c1-29-20-13-11-17(12-14-20)23-26-27-24(28(23)19-7-3-2-4-8-19)30-16-18-15-25-22-10-6-5-9-21(18)22/h2-15,25H,16H2,1H3. The number of fused-ring (bicyclic) bond motifs is 1. The Bertz CT molecular complexity index is 1280. The van der Waals surface area contributed by atoms with Crippen LogP contribution in [0.15, 0.2) is 90.2 Å². The summed E-state index contributed by atoms with van der Waals surface area (Å²) in [4.78, 5) is 3.34. The molecule has 0 saturated carbocycles. The highest BCUT2D eigenvalue weighted by Crippen LogP contribution is 2.32. The van der Waals surface area contributed by atoms with Crippen LogP contribution in [0.1, 0.15) is 5.56 Å². The number of para-hydroxylation sites is 2. The molecular formula is C24H20N4OS. The van der Waals surface area contributed by atoms with Gasteiger partial charge in [0.05, 0.1) is 7.11 Å². The number of thioether (sulfide) groups is 1. The molecule has 1 N–H and O–H groups in total. The lowest BCUT2D eigenvalue weighted by atomic mass is 10.2. The molecule has 0 aliphatic heterocycles. The molecule has 2 heterocycles. The van der Waals surface area contributed by atoms with E-state index in [9.17, 15) is 0 Å². The van der Waals surface area contributed by atoms with Gasteiger partial charge in [-0.3, -0.25) is 4.57 Å². The predicted octanol–water partition coefficient (Wildman–Crippen LogP) is 5.72. The number of nitrogens with zero attached hydrogens (tertiary/aromatic N) is 3. The van der Waals surface area contributed by atoms with Gasteiger partial charge in [-0.2, -0.15) is 0 Å². The first kappa shape index (κ1) is 18.5. The molecule has 5 nitrogen and oxygen atoms in total. The second-order valence-electron chi connectivity index (χ2n) is 6.85. The SMILES string of the molecule is COc1ccc(-c2nnc(SCc3c[nH]c4ccccc34)n2-c2ccccc2)cc1. The first-order chi connectivity index (χ1) is 14.8. The summed E-state index contributed by atoms with van der Waals surface area (Å²) in [5, 5.41) is 11.1. The molecule has 148 valence electrons. The number of hydrogen-bond acceptors (Lipinski definition) is 4. The van der Waals surface area contributed by atoms with Gasteiger partial charge in [0.2, 0.25) is 0 Å². The minimum atomic E-state index is 0.803. The Labute approximate surface area is 178 Å². The summed E-state index contributed by atoms with van der Waals surface area (Å²) >= 11 is 1.68. The van der Waals surface area contributed by atoms with Gasteiger partial charge in [-0.1, -0.05) is 48.2 Å². The van der Waals surface area contributed by atoms with Gasteiger partial charge in [0.25, 0.3) is 0 Å². The molecule has 0 spiro atoms. The van der Waals surface area contributed by atoms with Crippen molar-refractivity contribution in [2.75, 3.05) is 7.11 Å². The van der Waals surface area contributed by atoms with E-state index < -0.39 is 0 Å². The average molecular weight is 413 g/mol. The van der Waals surface area contributed by atoms with Crippen LogP contribution in [0.3, 0.4) is 0 Å². The van der Waals surface area contributed by atoms with Crippen molar-refractivity contribution in [3.05, 3.63) is 90.6 Å². The fourth-order valence-electron chi connectivity index (χ4n) is 3.49. The third kappa shape index (κ3) is 3.46. The summed E-state index contributed by atoms with van der Waals surface area (Å²) in [5.41, 5.74) is 4.43. The maximum Gasteiger partial charge on any atom is 0.196 e. The highest BCUT2D eigenvalue weighted by Gasteiger charge is 2.17. The number of ether oxygens (including phenoxy) is 1. The molecule has 0 amide bonds. The average Bonchev–Trinajstić information content (AvgIpc) is 3.42. The monoisotopic (exact) mass is 412 g/mol. The Morgan fingerprint density at radius 2 is 1.67 bits per heavy atom. The number of methoxy groups -OCH3 is 1. The van der Waals surface area contributed by atoms with E-state index in [0.29, 0.717) is 0 Å². The second-order valence-corrected chi connectivity index (χ2v) is 7.80. The van der Waals surface area contributed by atoms with Crippen molar-refractivity contribution in [3.8, 4) is 22.8 Å². The summed E-state index contributed by atoms with van der Waals surface area (Å²) in [6, 6.07) is 26.5. The number of benzene rings is 3. The molecule has 0 fully saturated rings. The quantitative estimate of drug-likeness (QED) is 0.363. The maximum atomic E-state index is 5.29. The molecule has 6 heteroatoms. The van der Waals surface area contributed by atoms with Crippen molar-refractivity contribution in [1.82, 2.24) is 19.7 Å². The van der Waals surface area contributed by atoms with Crippen molar-refractivity contribution < 1.29 is 4.74 Å². The van der Waals surface area contributed by atoms with Crippen LogP contribution in [0.25, 0.3) is 28.0 Å². The van der Waals surface area contributed by atoms with Crippen molar-refractivity contribution in [3.63, 3.8) is 0 Å². The Kier molecular flexibility index (Phi) is 4.99. The van der Waals surface area contributed by atoms with Gasteiger partial charge in [0, 0.05) is 34.1 Å². The zero-order chi connectivity index (χ0) is 20.3. The molecule has 30 heavy (non-hydrogen) atoms. The highest BCUT2D eigenvalue weighted by molar-refractivity contribution is 7.98. The van der Waals surface area contributed by atoms with Gasteiger partial charge < -0.3 is 9.72 Å². The molecule has 0 saturated heterocycles. The first-order valence-electron chi connectivity index (χ1n) is 9.66. The fraction of sp³-hybridized carbons (Fsp3) is 0.0833. The van der Waals surface area contributed by atoms with Gasteiger partial charge in [-0.25, -0.2) is 0 Å². The summed E-state index contributed by atoms with van der Waals surface area (Å²) in [6.07, 6.45) is 2.07. The first-order valence-corrected chi connectivity index (χ1v) is 10.6. The number of rotatable bonds is 6. The lowest BCUT2D eigenvalue weighted by Gasteiger charge is -2.10. The molecule has 0 bridgehead atoms. The van der Waals surface area contributed by atoms with Crippen LogP contribution in [0.2, 0.25) is 0 Å². The van der Waals surface area contributed by atoms with E-state index in [2.05, 4.69) is 56.3 Å². The lowest BCUT2D eigenvalue weighted by Crippen LogP contribution is -1.99. The van der Waals surface area contributed by atoms with Gasteiger partial charge >= 0.3 is 0 Å². The molecule has 0 radical (unpaired) electrons.